The molecule has 0 aliphatic rings. The van der Waals surface area contributed by atoms with Crippen molar-refractivity contribution in [2.75, 3.05) is 13.7 Å². The largest absolute Gasteiger partial charge is 0.493 e. The molecule has 0 aliphatic heterocycles. The van der Waals surface area contributed by atoms with Crippen molar-refractivity contribution in [3.63, 3.8) is 0 Å². The molecule has 1 heterocycles. The number of aryl methyl sites for hydroxylation is 1. The summed E-state index contributed by atoms with van der Waals surface area (Å²) in [6.45, 7) is 5.59. The number of hydrogen-bond donors (Lipinski definition) is 0. The molecule has 1 atom stereocenters. The number of rotatable bonds is 10. The lowest BCUT2D eigenvalue weighted by Gasteiger charge is -2.18. The molecule has 0 aliphatic carbocycles. The second kappa shape index (κ2) is 12.2. The summed E-state index contributed by atoms with van der Waals surface area (Å²) in [7, 11) is 1.47. The first kappa shape index (κ1) is 26.7. The Morgan fingerprint density at radius 1 is 1.29 bits per heavy atom. The van der Waals surface area contributed by atoms with Crippen LogP contribution < -0.4 is 15.0 Å². The van der Waals surface area contributed by atoms with E-state index in [-0.39, 0.29) is 17.9 Å². The monoisotopic (exact) mass is 563 g/mol. The van der Waals surface area contributed by atoms with Crippen molar-refractivity contribution < 1.29 is 19.0 Å². The van der Waals surface area contributed by atoms with Crippen LogP contribution in [0.4, 0.5) is 0 Å². The van der Waals surface area contributed by atoms with E-state index >= 15 is 0 Å². The number of aromatic nitrogens is 2. The number of esters is 1. The van der Waals surface area contributed by atoms with E-state index in [0.29, 0.717) is 39.5 Å². The van der Waals surface area contributed by atoms with Crippen LogP contribution in [0.2, 0.25) is 5.02 Å². The van der Waals surface area contributed by atoms with Crippen molar-refractivity contribution >= 4 is 50.6 Å². The second-order valence-electron chi connectivity index (χ2n) is 7.69. The van der Waals surface area contributed by atoms with Gasteiger partial charge < -0.3 is 14.2 Å². The van der Waals surface area contributed by atoms with Gasteiger partial charge in [-0.1, -0.05) is 40.9 Å². The van der Waals surface area contributed by atoms with Gasteiger partial charge in [-0.15, -0.1) is 0 Å². The Labute approximate surface area is 217 Å². The lowest BCUT2D eigenvalue weighted by molar-refractivity contribution is -0.150. The summed E-state index contributed by atoms with van der Waals surface area (Å²) in [5.74, 6) is 0.587. The molecular weight excluding hydrogens is 538 g/mol. The lowest BCUT2D eigenvalue weighted by Crippen LogP contribution is -2.26. The first-order valence-electron chi connectivity index (χ1n) is 11.2. The Bertz CT molecular complexity index is 1310. The molecule has 10 heteroatoms. The summed E-state index contributed by atoms with van der Waals surface area (Å²) in [5, 5.41) is 5.28. The molecule has 0 saturated heterocycles. The van der Waals surface area contributed by atoms with Gasteiger partial charge in [-0.05, 0) is 44.5 Å². The van der Waals surface area contributed by atoms with E-state index in [1.807, 2.05) is 6.07 Å². The maximum absolute atomic E-state index is 13.3. The highest BCUT2D eigenvalue weighted by Crippen LogP contribution is 2.35. The van der Waals surface area contributed by atoms with Crippen molar-refractivity contribution in [1.82, 2.24) is 9.66 Å². The van der Waals surface area contributed by atoms with Crippen molar-refractivity contribution in [3.05, 3.63) is 61.6 Å². The number of carbonyl (C=O) groups is 1. The van der Waals surface area contributed by atoms with Gasteiger partial charge in [-0.2, -0.15) is 9.78 Å². The molecule has 3 rings (SSSR count). The SMILES string of the molecule is CCCCc1nc2ccc(Br)cc2c(=O)n1N=Cc1cc(Cl)cc(OC)c1O[C@H](C)C(=O)OCC. The molecule has 2 aromatic carbocycles. The maximum atomic E-state index is 13.3. The summed E-state index contributed by atoms with van der Waals surface area (Å²) in [6.07, 6.45) is 2.91. The number of halogens is 2. The maximum Gasteiger partial charge on any atom is 0.347 e. The van der Waals surface area contributed by atoms with Crippen LogP contribution in [0.3, 0.4) is 0 Å². The third-order valence-electron chi connectivity index (χ3n) is 5.12. The number of benzene rings is 2. The van der Waals surface area contributed by atoms with E-state index in [0.717, 1.165) is 17.3 Å². The molecule has 3 aromatic rings. The number of unbranched alkanes of at least 4 members (excludes halogenated alkanes) is 1. The zero-order valence-electron chi connectivity index (χ0n) is 20.0. The molecule has 0 bridgehead atoms. The van der Waals surface area contributed by atoms with Crippen molar-refractivity contribution in [3.8, 4) is 11.5 Å². The third kappa shape index (κ3) is 6.41. The summed E-state index contributed by atoms with van der Waals surface area (Å²) in [6, 6.07) is 8.55. The third-order valence-corrected chi connectivity index (χ3v) is 5.83. The standard InChI is InChI=1S/C25H27BrClN3O5/c1-5-7-8-22-29-20-10-9-17(26)12-19(20)24(31)30(22)28-14-16-11-18(27)13-21(33-4)23(16)35-15(3)25(32)34-6-2/h9-15H,5-8H2,1-4H3/t15-/m1/s1. The summed E-state index contributed by atoms with van der Waals surface area (Å²) < 4.78 is 18.4. The highest BCUT2D eigenvalue weighted by molar-refractivity contribution is 9.10. The second-order valence-corrected chi connectivity index (χ2v) is 9.05. The van der Waals surface area contributed by atoms with Gasteiger partial charge in [0, 0.05) is 27.5 Å². The first-order chi connectivity index (χ1) is 16.8. The van der Waals surface area contributed by atoms with Gasteiger partial charge in [-0.25, -0.2) is 9.78 Å². The normalized spacial score (nSPS) is 12.2. The number of methoxy groups -OCH3 is 1. The lowest BCUT2D eigenvalue weighted by atomic mass is 10.2. The van der Waals surface area contributed by atoms with Gasteiger partial charge in [0.1, 0.15) is 5.82 Å². The van der Waals surface area contributed by atoms with Crippen molar-refractivity contribution in [2.24, 2.45) is 5.10 Å². The Morgan fingerprint density at radius 2 is 2.06 bits per heavy atom. The molecule has 0 saturated carbocycles. The highest BCUT2D eigenvalue weighted by Gasteiger charge is 2.21. The quantitative estimate of drug-likeness (QED) is 0.243. The predicted molar refractivity (Wildman–Crippen MR) is 140 cm³/mol. The molecule has 0 unspecified atom stereocenters. The van der Waals surface area contributed by atoms with E-state index in [4.69, 9.17) is 25.8 Å². The molecule has 35 heavy (non-hydrogen) atoms. The molecule has 0 fully saturated rings. The van der Waals surface area contributed by atoms with Crippen LogP contribution >= 0.6 is 27.5 Å². The van der Waals surface area contributed by atoms with E-state index in [1.165, 1.54) is 18.0 Å². The molecule has 0 amide bonds. The minimum atomic E-state index is -0.903. The van der Waals surface area contributed by atoms with Crippen LogP contribution in [0.5, 0.6) is 11.5 Å². The van der Waals surface area contributed by atoms with Gasteiger partial charge in [0.25, 0.3) is 5.56 Å². The topological polar surface area (TPSA) is 92.0 Å². The average molecular weight is 565 g/mol. The number of fused-ring (bicyclic) bond motifs is 1. The average Bonchev–Trinajstić information content (AvgIpc) is 2.83. The number of carbonyl (C=O) groups excluding carboxylic acids is 1. The highest BCUT2D eigenvalue weighted by atomic mass is 79.9. The fraction of sp³-hybridized carbons (Fsp3) is 0.360. The van der Waals surface area contributed by atoms with Crippen LogP contribution in [-0.2, 0) is 16.0 Å². The van der Waals surface area contributed by atoms with Crippen LogP contribution in [0.1, 0.15) is 45.0 Å². The smallest absolute Gasteiger partial charge is 0.347 e. The first-order valence-corrected chi connectivity index (χ1v) is 12.4. The molecule has 0 radical (unpaired) electrons. The Kier molecular flexibility index (Phi) is 9.28. The van der Waals surface area contributed by atoms with Gasteiger partial charge in [0.2, 0.25) is 0 Å². The van der Waals surface area contributed by atoms with Crippen LogP contribution in [0, 0.1) is 0 Å². The molecular formula is C25H27BrClN3O5. The number of ether oxygens (including phenoxy) is 3. The van der Waals surface area contributed by atoms with E-state index in [9.17, 15) is 9.59 Å². The zero-order valence-corrected chi connectivity index (χ0v) is 22.4. The molecule has 186 valence electrons. The van der Waals surface area contributed by atoms with E-state index in [2.05, 4.69) is 32.9 Å². The Hall–Kier alpha value is -2.91. The van der Waals surface area contributed by atoms with Gasteiger partial charge >= 0.3 is 5.97 Å². The van der Waals surface area contributed by atoms with E-state index in [1.54, 1.807) is 38.1 Å². The van der Waals surface area contributed by atoms with Gasteiger partial charge in [-0.3, -0.25) is 4.79 Å². The van der Waals surface area contributed by atoms with Gasteiger partial charge in [0.15, 0.2) is 17.6 Å². The Balaban J connectivity index is 2.12. The predicted octanol–water partition coefficient (Wildman–Crippen LogP) is 5.38. The van der Waals surface area contributed by atoms with Crippen LogP contribution in [0.15, 0.2) is 44.7 Å². The summed E-state index contributed by atoms with van der Waals surface area (Å²) in [4.78, 5) is 30.2. The summed E-state index contributed by atoms with van der Waals surface area (Å²) >= 11 is 9.69. The van der Waals surface area contributed by atoms with Crippen molar-refractivity contribution in [1.29, 1.82) is 0 Å². The number of hydrogen-bond acceptors (Lipinski definition) is 7. The zero-order chi connectivity index (χ0) is 25.5. The van der Waals surface area contributed by atoms with Crippen LogP contribution in [0.25, 0.3) is 10.9 Å². The molecule has 8 nitrogen and oxygen atoms in total. The summed E-state index contributed by atoms with van der Waals surface area (Å²) in [5.41, 5.74) is 0.732. The van der Waals surface area contributed by atoms with Gasteiger partial charge in [0.05, 0.1) is 30.8 Å². The minimum absolute atomic E-state index is 0.229. The molecule has 1 aromatic heterocycles. The van der Waals surface area contributed by atoms with E-state index < -0.39 is 12.1 Å². The minimum Gasteiger partial charge on any atom is -0.493 e. The Morgan fingerprint density at radius 3 is 2.74 bits per heavy atom. The molecule has 0 spiro atoms. The van der Waals surface area contributed by atoms with Crippen LogP contribution in [-0.4, -0.2) is 41.7 Å². The number of nitrogens with zero attached hydrogens (tertiary/aromatic N) is 3. The fourth-order valence-electron chi connectivity index (χ4n) is 3.38. The fourth-order valence-corrected chi connectivity index (χ4v) is 3.96. The van der Waals surface area contributed by atoms with Crippen molar-refractivity contribution in [2.45, 2.75) is 46.1 Å². The molecule has 0 N–H and O–H groups in total.